The fraction of sp³-hybridized carbons (Fsp3) is 0.174. The molecule has 3 aromatic carbocycles. The van der Waals surface area contributed by atoms with Crippen LogP contribution in [-0.4, -0.2) is 28.0 Å². The van der Waals surface area contributed by atoms with Crippen LogP contribution in [0.25, 0.3) is 11.0 Å². The van der Waals surface area contributed by atoms with Crippen molar-refractivity contribution >= 4 is 22.6 Å². The lowest BCUT2D eigenvalue weighted by Gasteiger charge is -2.23. The molecule has 1 amide bonds. The molecule has 146 valence electrons. The highest BCUT2D eigenvalue weighted by Gasteiger charge is 2.19. The maximum atomic E-state index is 13.5. The van der Waals surface area contributed by atoms with Gasteiger partial charge < -0.3 is 9.64 Å². The predicted octanol–water partition coefficient (Wildman–Crippen LogP) is 4.31. The van der Waals surface area contributed by atoms with E-state index in [9.17, 15) is 4.79 Å². The maximum Gasteiger partial charge on any atom is 0.258 e. The molecule has 4 aromatic rings. The minimum atomic E-state index is -0.0908. The van der Waals surface area contributed by atoms with Crippen molar-refractivity contribution in [3.8, 4) is 5.75 Å². The van der Waals surface area contributed by atoms with Crippen LogP contribution in [0.15, 0.2) is 72.8 Å². The summed E-state index contributed by atoms with van der Waals surface area (Å²) in [5, 5.41) is 8.33. The van der Waals surface area contributed by atoms with E-state index in [0.29, 0.717) is 17.6 Å². The van der Waals surface area contributed by atoms with Crippen LogP contribution in [0, 0.1) is 0 Å². The zero-order valence-corrected chi connectivity index (χ0v) is 16.4. The third-order valence-corrected chi connectivity index (χ3v) is 4.87. The molecule has 0 aliphatic carbocycles. The molecule has 0 unspecified atom stereocenters. The fourth-order valence-electron chi connectivity index (χ4n) is 3.30. The van der Waals surface area contributed by atoms with Crippen LogP contribution < -0.4 is 9.64 Å². The normalized spacial score (nSPS) is 10.8. The number of nitrogens with zero attached hydrogens (tertiary/aromatic N) is 4. The fourth-order valence-corrected chi connectivity index (χ4v) is 3.30. The summed E-state index contributed by atoms with van der Waals surface area (Å²) in [7, 11) is 1.63. The van der Waals surface area contributed by atoms with Crippen molar-refractivity contribution in [3.05, 3.63) is 83.9 Å². The molecular formula is C23H22N4O2. The number of carbonyl (C=O) groups is 1. The number of carbonyl (C=O) groups excluding carboxylic acids is 1. The van der Waals surface area contributed by atoms with Gasteiger partial charge >= 0.3 is 0 Å². The van der Waals surface area contributed by atoms with E-state index in [1.165, 1.54) is 0 Å². The molecule has 6 nitrogen and oxygen atoms in total. The van der Waals surface area contributed by atoms with Crippen molar-refractivity contribution in [3.63, 3.8) is 0 Å². The summed E-state index contributed by atoms with van der Waals surface area (Å²) in [4.78, 5) is 15.2. The van der Waals surface area contributed by atoms with Crippen molar-refractivity contribution < 1.29 is 9.53 Å². The molecule has 0 atom stereocenters. The second-order valence-corrected chi connectivity index (χ2v) is 6.68. The predicted molar refractivity (Wildman–Crippen MR) is 113 cm³/mol. The lowest BCUT2D eigenvalue weighted by Crippen LogP contribution is -2.30. The lowest BCUT2D eigenvalue weighted by molar-refractivity contribution is 0.0985. The van der Waals surface area contributed by atoms with Crippen molar-refractivity contribution in [2.75, 3.05) is 12.0 Å². The van der Waals surface area contributed by atoms with Gasteiger partial charge in [-0.1, -0.05) is 35.5 Å². The highest BCUT2D eigenvalue weighted by Crippen LogP contribution is 2.24. The molecule has 0 saturated carbocycles. The Morgan fingerprint density at radius 2 is 1.79 bits per heavy atom. The number of fused-ring (bicyclic) bond motifs is 1. The third-order valence-electron chi connectivity index (χ3n) is 4.87. The minimum Gasteiger partial charge on any atom is -0.497 e. The molecule has 0 saturated heterocycles. The first kappa shape index (κ1) is 18.7. The molecule has 4 rings (SSSR count). The molecule has 6 heteroatoms. The van der Waals surface area contributed by atoms with E-state index in [4.69, 9.17) is 4.74 Å². The Balaban J connectivity index is 1.71. The van der Waals surface area contributed by atoms with Gasteiger partial charge in [0, 0.05) is 17.8 Å². The van der Waals surface area contributed by atoms with E-state index in [1.807, 2.05) is 78.3 Å². The Labute approximate surface area is 169 Å². The Morgan fingerprint density at radius 1 is 1.03 bits per heavy atom. The summed E-state index contributed by atoms with van der Waals surface area (Å²) in [5.41, 5.74) is 4.06. The third kappa shape index (κ3) is 3.82. The topological polar surface area (TPSA) is 60.2 Å². The Kier molecular flexibility index (Phi) is 5.24. The lowest BCUT2D eigenvalue weighted by atomic mass is 10.1. The van der Waals surface area contributed by atoms with Gasteiger partial charge in [0.25, 0.3) is 5.91 Å². The maximum absolute atomic E-state index is 13.5. The number of aryl methyl sites for hydroxylation is 1. The van der Waals surface area contributed by atoms with Crippen LogP contribution in [0.4, 0.5) is 5.69 Å². The largest absolute Gasteiger partial charge is 0.497 e. The van der Waals surface area contributed by atoms with Gasteiger partial charge in [-0.15, -0.1) is 5.10 Å². The molecule has 0 aliphatic rings. The summed E-state index contributed by atoms with van der Waals surface area (Å²) in [6, 6.07) is 23.0. The number of aromatic nitrogens is 3. The van der Waals surface area contributed by atoms with E-state index < -0.39 is 0 Å². The van der Waals surface area contributed by atoms with Gasteiger partial charge in [0.2, 0.25) is 0 Å². The summed E-state index contributed by atoms with van der Waals surface area (Å²) in [5.74, 6) is 0.658. The van der Waals surface area contributed by atoms with E-state index in [2.05, 4.69) is 10.3 Å². The number of hydrogen-bond donors (Lipinski definition) is 0. The molecule has 1 aromatic heterocycles. The van der Waals surface area contributed by atoms with Crippen molar-refractivity contribution in [1.82, 2.24) is 15.0 Å². The van der Waals surface area contributed by atoms with Gasteiger partial charge in [0.15, 0.2) is 0 Å². The van der Waals surface area contributed by atoms with Gasteiger partial charge in [-0.25, -0.2) is 4.68 Å². The molecular weight excluding hydrogens is 364 g/mol. The van der Waals surface area contributed by atoms with Gasteiger partial charge in [-0.3, -0.25) is 4.79 Å². The average Bonchev–Trinajstić information content (AvgIpc) is 3.20. The second-order valence-electron chi connectivity index (χ2n) is 6.68. The molecule has 0 N–H and O–H groups in total. The monoisotopic (exact) mass is 386 g/mol. The van der Waals surface area contributed by atoms with Crippen LogP contribution >= 0.6 is 0 Å². The highest BCUT2D eigenvalue weighted by atomic mass is 16.5. The van der Waals surface area contributed by atoms with Crippen molar-refractivity contribution in [1.29, 1.82) is 0 Å². The molecule has 0 fully saturated rings. The first-order chi connectivity index (χ1) is 14.2. The van der Waals surface area contributed by atoms with Crippen LogP contribution in [0.1, 0.15) is 22.8 Å². The minimum absolute atomic E-state index is 0.0908. The Bertz CT molecular complexity index is 1120. The average molecular weight is 386 g/mol. The van der Waals surface area contributed by atoms with Crippen molar-refractivity contribution in [2.24, 2.45) is 0 Å². The zero-order chi connectivity index (χ0) is 20.2. The number of rotatable bonds is 6. The standard InChI is InChI=1S/C23H22N4O2/c1-3-27-22-14-9-18(15-21(22)24-25-27)23(28)26(16-17-7-5-4-6-8-17)19-10-12-20(29-2)13-11-19/h4-15H,3,16H2,1-2H3. The molecule has 0 bridgehead atoms. The van der Waals surface area contributed by atoms with Gasteiger partial charge in [-0.05, 0) is 55.0 Å². The SMILES string of the molecule is CCn1nnc2cc(C(=O)N(Cc3ccccc3)c3ccc(OC)cc3)ccc21. The zero-order valence-electron chi connectivity index (χ0n) is 16.4. The second kappa shape index (κ2) is 8.14. The first-order valence-electron chi connectivity index (χ1n) is 9.52. The van der Waals surface area contributed by atoms with Crippen molar-refractivity contribution in [2.45, 2.75) is 20.0 Å². The molecule has 0 spiro atoms. The quantitative estimate of drug-likeness (QED) is 0.495. The van der Waals surface area contributed by atoms with Gasteiger partial charge in [0.05, 0.1) is 19.2 Å². The van der Waals surface area contributed by atoms with Crippen LogP contribution in [0.3, 0.4) is 0 Å². The van der Waals surface area contributed by atoms with Crippen LogP contribution in [0.5, 0.6) is 5.75 Å². The highest BCUT2D eigenvalue weighted by molar-refractivity contribution is 6.07. The van der Waals surface area contributed by atoms with Crippen LogP contribution in [0.2, 0.25) is 0 Å². The van der Waals surface area contributed by atoms with E-state index >= 15 is 0 Å². The van der Waals surface area contributed by atoms with Gasteiger partial charge in [0.1, 0.15) is 11.3 Å². The van der Waals surface area contributed by atoms with E-state index in [1.54, 1.807) is 18.1 Å². The van der Waals surface area contributed by atoms with Crippen LogP contribution in [-0.2, 0) is 13.1 Å². The number of methoxy groups -OCH3 is 1. The smallest absolute Gasteiger partial charge is 0.258 e. The summed E-state index contributed by atoms with van der Waals surface area (Å²) >= 11 is 0. The number of amides is 1. The Hall–Kier alpha value is -3.67. The summed E-state index contributed by atoms with van der Waals surface area (Å²) in [6.07, 6.45) is 0. The van der Waals surface area contributed by atoms with E-state index in [-0.39, 0.29) is 5.91 Å². The number of anilines is 1. The summed E-state index contributed by atoms with van der Waals surface area (Å²) < 4.78 is 7.07. The molecule has 0 aliphatic heterocycles. The van der Waals surface area contributed by atoms with Gasteiger partial charge in [-0.2, -0.15) is 0 Å². The number of hydrogen-bond acceptors (Lipinski definition) is 4. The first-order valence-corrected chi connectivity index (χ1v) is 9.52. The molecule has 0 radical (unpaired) electrons. The van der Waals surface area contributed by atoms with E-state index in [0.717, 1.165) is 29.1 Å². The number of benzene rings is 3. The number of ether oxygens (including phenoxy) is 1. The molecule has 29 heavy (non-hydrogen) atoms. The summed E-state index contributed by atoms with van der Waals surface area (Å²) in [6.45, 7) is 3.21. The molecule has 1 heterocycles. The Morgan fingerprint density at radius 3 is 2.48 bits per heavy atom.